The number of hydrogen-bond acceptors (Lipinski definition) is 3. The van der Waals surface area contributed by atoms with E-state index in [1.165, 1.54) is 5.56 Å². The van der Waals surface area contributed by atoms with Crippen molar-refractivity contribution in [1.82, 2.24) is 20.2 Å². The van der Waals surface area contributed by atoms with E-state index in [4.69, 9.17) is 4.99 Å². The van der Waals surface area contributed by atoms with Gasteiger partial charge in [-0.05, 0) is 37.0 Å². The van der Waals surface area contributed by atoms with Crippen molar-refractivity contribution in [2.45, 2.75) is 39.5 Å². The van der Waals surface area contributed by atoms with Crippen LogP contribution in [-0.4, -0.2) is 33.7 Å². The second-order valence-electron chi connectivity index (χ2n) is 7.26. The molecule has 3 N–H and O–H groups in total. The number of aliphatic imine (C=N–C) groups is 1. The van der Waals surface area contributed by atoms with Crippen LogP contribution in [-0.2, 0) is 13.1 Å². The van der Waals surface area contributed by atoms with Crippen molar-refractivity contribution in [2.75, 3.05) is 13.1 Å². The maximum absolute atomic E-state index is 10.3. The van der Waals surface area contributed by atoms with Crippen molar-refractivity contribution < 1.29 is 5.11 Å². The fraction of sp³-hybridized carbons (Fsp3) is 0.333. The van der Waals surface area contributed by atoms with Crippen molar-refractivity contribution in [1.29, 1.82) is 0 Å². The zero-order valence-electron chi connectivity index (χ0n) is 18.2. The number of guanidine groups is 1. The van der Waals surface area contributed by atoms with Gasteiger partial charge in [-0.2, -0.15) is 0 Å². The van der Waals surface area contributed by atoms with Crippen LogP contribution in [0.4, 0.5) is 0 Å². The Kier molecular flexibility index (Phi) is 10.5. The number of imidazole rings is 1. The Balaban J connectivity index is 0.00000341. The average Bonchev–Trinajstić information content (AvgIpc) is 3.17. The maximum Gasteiger partial charge on any atom is 0.191 e. The van der Waals surface area contributed by atoms with E-state index in [0.717, 1.165) is 36.0 Å². The molecule has 0 bridgehead atoms. The van der Waals surface area contributed by atoms with Gasteiger partial charge >= 0.3 is 0 Å². The van der Waals surface area contributed by atoms with Crippen LogP contribution in [0.15, 0.2) is 72.0 Å². The Morgan fingerprint density at radius 1 is 1.10 bits per heavy atom. The van der Waals surface area contributed by atoms with E-state index in [1.807, 2.05) is 56.6 Å². The van der Waals surface area contributed by atoms with Gasteiger partial charge in [-0.15, -0.1) is 24.0 Å². The second kappa shape index (κ2) is 13.1. The summed E-state index contributed by atoms with van der Waals surface area (Å²) in [5.74, 6) is 1.77. The average molecular weight is 533 g/mol. The molecule has 0 aliphatic rings. The lowest BCUT2D eigenvalue weighted by Gasteiger charge is -2.14. The minimum atomic E-state index is -0.482. The minimum absolute atomic E-state index is 0. The summed E-state index contributed by atoms with van der Waals surface area (Å²) in [7, 11) is 0. The molecule has 1 unspecified atom stereocenters. The van der Waals surface area contributed by atoms with Crippen LogP contribution in [0.3, 0.4) is 0 Å². The van der Waals surface area contributed by atoms with Crippen molar-refractivity contribution in [3.63, 3.8) is 0 Å². The first-order valence-electron chi connectivity index (χ1n) is 10.5. The fourth-order valence-corrected chi connectivity index (χ4v) is 3.28. The number of aryl methyl sites for hydroxylation is 1. The molecule has 0 saturated heterocycles. The highest BCUT2D eigenvalue weighted by Gasteiger charge is 2.07. The number of nitrogens with one attached hydrogen (secondary N) is 2. The molecule has 0 aliphatic carbocycles. The van der Waals surface area contributed by atoms with Gasteiger partial charge in [0.15, 0.2) is 5.96 Å². The first-order chi connectivity index (χ1) is 14.7. The van der Waals surface area contributed by atoms with Crippen LogP contribution in [0.2, 0.25) is 0 Å². The summed E-state index contributed by atoms with van der Waals surface area (Å²) >= 11 is 0. The molecule has 1 aromatic heterocycles. The molecule has 7 heteroatoms. The van der Waals surface area contributed by atoms with E-state index in [-0.39, 0.29) is 24.0 Å². The molecule has 0 radical (unpaired) electrons. The number of halogens is 1. The molecule has 0 amide bonds. The Labute approximate surface area is 201 Å². The molecular formula is C24H32IN5O. The van der Waals surface area contributed by atoms with Gasteiger partial charge in [0, 0.05) is 32.0 Å². The quantitative estimate of drug-likeness (QED) is 0.221. The Bertz CT molecular complexity index is 942. The molecule has 1 heterocycles. The second-order valence-corrected chi connectivity index (χ2v) is 7.26. The summed E-state index contributed by atoms with van der Waals surface area (Å²) in [5, 5.41) is 16.9. The summed E-state index contributed by atoms with van der Waals surface area (Å²) < 4.78 is 2.13. The smallest absolute Gasteiger partial charge is 0.191 e. The SMILES string of the molecule is CCNC(=NCc1cccc(Cn2ccnc2C)c1)NCCC(O)c1ccccc1.I. The largest absolute Gasteiger partial charge is 0.388 e. The fourth-order valence-electron chi connectivity index (χ4n) is 3.28. The lowest BCUT2D eigenvalue weighted by atomic mass is 10.1. The number of benzene rings is 2. The third kappa shape index (κ3) is 7.99. The highest BCUT2D eigenvalue weighted by atomic mass is 127. The Morgan fingerprint density at radius 3 is 2.58 bits per heavy atom. The molecule has 31 heavy (non-hydrogen) atoms. The van der Waals surface area contributed by atoms with E-state index in [9.17, 15) is 5.11 Å². The van der Waals surface area contributed by atoms with E-state index in [2.05, 4.69) is 44.5 Å². The minimum Gasteiger partial charge on any atom is -0.388 e. The maximum atomic E-state index is 10.3. The number of aromatic nitrogens is 2. The van der Waals surface area contributed by atoms with Crippen LogP contribution in [0.5, 0.6) is 0 Å². The zero-order valence-corrected chi connectivity index (χ0v) is 20.5. The Hall–Kier alpha value is -2.39. The molecule has 2 aromatic carbocycles. The molecular weight excluding hydrogens is 501 g/mol. The third-order valence-corrected chi connectivity index (χ3v) is 4.93. The molecule has 0 aliphatic heterocycles. The topological polar surface area (TPSA) is 74.5 Å². The predicted molar refractivity (Wildman–Crippen MR) is 137 cm³/mol. The van der Waals surface area contributed by atoms with Gasteiger partial charge in [-0.3, -0.25) is 0 Å². The number of aliphatic hydroxyl groups excluding tert-OH is 1. The molecule has 1 atom stereocenters. The van der Waals surface area contributed by atoms with Gasteiger partial charge in [-0.25, -0.2) is 9.98 Å². The zero-order chi connectivity index (χ0) is 21.2. The van der Waals surface area contributed by atoms with Crippen LogP contribution in [0, 0.1) is 6.92 Å². The lowest BCUT2D eigenvalue weighted by Crippen LogP contribution is -2.38. The number of aliphatic hydroxyl groups is 1. The highest BCUT2D eigenvalue weighted by Crippen LogP contribution is 2.15. The van der Waals surface area contributed by atoms with Crippen molar-refractivity contribution in [3.8, 4) is 0 Å². The molecule has 6 nitrogen and oxygen atoms in total. The van der Waals surface area contributed by atoms with E-state index < -0.39 is 6.10 Å². The van der Waals surface area contributed by atoms with Gasteiger partial charge in [0.05, 0.1) is 12.6 Å². The van der Waals surface area contributed by atoms with E-state index in [0.29, 0.717) is 19.5 Å². The van der Waals surface area contributed by atoms with Crippen LogP contribution in [0.1, 0.15) is 42.0 Å². The molecule has 0 saturated carbocycles. The molecule has 0 spiro atoms. The van der Waals surface area contributed by atoms with E-state index in [1.54, 1.807) is 0 Å². The summed E-state index contributed by atoms with van der Waals surface area (Å²) in [6.45, 7) is 6.88. The molecule has 3 aromatic rings. The van der Waals surface area contributed by atoms with Crippen LogP contribution < -0.4 is 10.6 Å². The Morgan fingerprint density at radius 2 is 1.87 bits per heavy atom. The monoisotopic (exact) mass is 533 g/mol. The van der Waals surface area contributed by atoms with Crippen molar-refractivity contribution in [3.05, 3.63) is 89.5 Å². The number of nitrogens with zero attached hydrogens (tertiary/aromatic N) is 3. The van der Waals surface area contributed by atoms with Crippen molar-refractivity contribution >= 4 is 29.9 Å². The lowest BCUT2D eigenvalue weighted by molar-refractivity contribution is 0.168. The normalized spacial score (nSPS) is 12.2. The number of rotatable bonds is 9. The summed E-state index contributed by atoms with van der Waals surface area (Å²) in [6.07, 6.45) is 3.96. The van der Waals surface area contributed by atoms with Gasteiger partial charge in [-0.1, -0.05) is 54.6 Å². The molecule has 0 fully saturated rings. The summed E-state index contributed by atoms with van der Waals surface area (Å²) in [6, 6.07) is 18.2. The van der Waals surface area contributed by atoms with Crippen LogP contribution >= 0.6 is 24.0 Å². The third-order valence-electron chi connectivity index (χ3n) is 4.93. The first kappa shape index (κ1) is 24.9. The van der Waals surface area contributed by atoms with Crippen molar-refractivity contribution in [2.24, 2.45) is 4.99 Å². The predicted octanol–water partition coefficient (Wildman–Crippen LogP) is 4.04. The molecule has 3 rings (SSSR count). The summed E-state index contributed by atoms with van der Waals surface area (Å²) in [5.41, 5.74) is 3.32. The summed E-state index contributed by atoms with van der Waals surface area (Å²) in [4.78, 5) is 8.98. The van der Waals surface area contributed by atoms with E-state index >= 15 is 0 Å². The van der Waals surface area contributed by atoms with Gasteiger partial charge < -0.3 is 20.3 Å². The van der Waals surface area contributed by atoms with Crippen LogP contribution in [0.25, 0.3) is 0 Å². The van der Waals surface area contributed by atoms with Gasteiger partial charge in [0.25, 0.3) is 0 Å². The standard InChI is InChI=1S/C24H31N5O.HI/c1-3-25-24(27-13-12-23(30)22-10-5-4-6-11-22)28-17-20-8-7-9-21(16-20)18-29-15-14-26-19(29)2;/h4-11,14-16,23,30H,3,12-13,17-18H2,1-2H3,(H2,25,27,28);1H. The highest BCUT2D eigenvalue weighted by molar-refractivity contribution is 14.0. The van der Waals surface area contributed by atoms with Gasteiger partial charge in [0.1, 0.15) is 5.82 Å². The number of hydrogen-bond donors (Lipinski definition) is 3. The van der Waals surface area contributed by atoms with Gasteiger partial charge in [0.2, 0.25) is 0 Å². The first-order valence-corrected chi connectivity index (χ1v) is 10.5. The molecule has 166 valence electrons.